The zero-order chi connectivity index (χ0) is 29.6. The summed E-state index contributed by atoms with van der Waals surface area (Å²) in [7, 11) is 0. The molecule has 3 aromatic rings. The van der Waals surface area contributed by atoms with Crippen molar-refractivity contribution in [2.24, 2.45) is 0 Å². The van der Waals surface area contributed by atoms with Crippen LogP contribution in [0.5, 0.6) is 0 Å². The second-order valence-corrected chi connectivity index (χ2v) is 11.4. The third-order valence-electron chi connectivity index (χ3n) is 7.44. The van der Waals surface area contributed by atoms with E-state index in [9.17, 15) is 27.6 Å². The smallest absolute Gasteiger partial charge is 0.351 e. The number of hydrogen-bond acceptors (Lipinski definition) is 7. The molecule has 3 aliphatic heterocycles. The Labute approximate surface area is 255 Å². The molecule has 6 rings (SSSR count). The maximum Gasteiger partial charge on any atom is 0.416 e. The Balaban J connectivity index is 0.00000368. The molecule has 2 aromatic heterocycles. The van der Waals surface area contributed by atoms with Crippen LogP contribution in [-0.2, 0) is 11.0 Å². The number of piperidine rings is 1. The van der Waals surface area contributed by atoms with Crippen LogP contribution >= 0.6 is 24.2 Å². The lowest BCUT2D eigenvalue weighted by Gasteiger charge is -2.35. The zero-order valence-corrected chi connectivity index (χ0v) is 24.3. The first-order chi connectivity index (χ1) is 20.1. The number of nitrogens with zero attached hydrogens (tertiary/aromatic N) is 3. The van der Waals surface area contributed by atoms with Gasteiger partial charge >= 0.3 is 12.2 Å². The van der Waals surface area contributed by atoms with E-state index in [0.717, 1.165) is 43.3 Å². The van der Waals surface area contributed by atoms with Crippen molar-refractivity contribution in [3.8, 4) is 0 Å². The molecule has 4 N–H and O–H groups in total. The summed E-state index contributed by atoms with van der Waals surface area (Å²) in [5, 5.41) is 11.8. The fourth-order valence-corrected chi connectivity index (χ4v) is 6.67. The number of thioether (sulfide) groups is 1. The molecule has 1 saturated heterocycles. The normalized spacial score (nSPS) is 20.9. The minimum atomic E-state index is -4.57. The van der Waals surface area contributed by atoms with Gasteiger partial charge in [0.2, 0.25) is 5.91 Å². The van der Waals surface area contributed by atoms with Gasteiger partial charge in [-0.05, 0) is 68.3 Å². The number of carbonyl (C=O) groups excluding carboxylic acids is 3. The van der Waals surface area contributed by atoms with Gasteiger partial charge in [-0.3, -0.25) is 14.5 Å². The van der Waals surface area contributed by atoms with Crippen LogP contribution in [0.4, 0.5) is 35.2 Å². The molecular formula is C28H27ClF3N7O3S. The van der Waals surface area contributed by atoms with Crippen molar-refractivity contribution in [3.05, 3.63) is 71.0 Å². The van der Waals surface area contributed by atoms with Crippen LogP contribution in [0.15, 0.2) is 53.8 Å². The van der Waals surface area contributed by atoms with E-state index in [2.05, 4.69) is 31.2 Å². The fourth-order valence-electron chi connectivity index (χ4n) is 5.43. The maximum absolute atomic E-state index is 13.5. The molecule has 2 unspecified atom stereocenters. The second-order valence-electron chi connectivity index (χ2n) is 10.3. The van der Waals surface area contributed by atoms with Gasteiger partial charge in [-0.25, -0.2) is 14.8 Å². The molecular weight excluding hydrogens is 607 g/mol. The summed E-state index contributed by atoms with van der Waals surface area (Å²) < 4.78 is 39.1. The Bertz CT molecular complexity index is 1590. The summed E-state index contributed by atoms with van der Waals surface area (Å²) >= 11 is 1.32. The molecule has 43 heavy (non-hydrogen) atoms. The Morgan fingerprint density at radius 3 is 2.60 bits per heavy atom. The molecule has 0 saturated carbocycles. The summed E-state index contributed by atoms with van der Waals surface area (Å²) in [6, 6.07) is 6.96. The van der Waals surface area contributed by atoms with E-state index in [4.69, 9.17) is 0 Å². The highest BCUT2D eigenvalue weighted by Crippen LogP contribution is 2.51. The minimum Gasteiger partial charge on any atom is -0.351 e. The number of alkyl halides is 3. The number of anilines is 3. The largest absolute Gasteiger partial charge is 0.416 e. The molecule has 0 bridgehead atoms. The lowest BCUT2D eigenvalue weighted by molar-refractivity contribution is -0.137. The number of hydrogen-bond donors (Lipinski definition) is 4. The van der Waals surface area contributed by atoms with E-state index in [1.165, 1.54) is 22.7 Å². The number of rotatable bonds is 5. The second kappa shape index (κ2) is 12.0. The summed E-state index contributed by atoms with van der Waals surface area (Å²) in [5.41, 5.74) is 1.66. The number of carbonyl (C=O) groups is 3. The monoisotopic (exact) mass is 633 g/mol. The first-order valence-electron chi connectivity index (χ1n) is 13.3. The summed E-state index contributed by atoms with van der Waals surface area (Å²) in [6.07, 6.45) is -0.139. The number of aromatic nitrogens is 2. The van der Waals surface area contributed by atoms with Gasteiger partial charge in [0.25, 0.3) is 5.91 Å². The van der Waals surface area contributed by atoms with Crippen molar-refractivity contribution in [2.45, 2.75) is 48.3 Å². The molecule has 5 heterocycles. The maximum atomic E-state index is 13.5. The average molecular weight is 634 g/mol. The first kappa shape index (κ1) is 30.6. The molecule has 3 atom stereocenters. The van der Waals surface area contributed by atoms with Crippen LogP contribution in [0.2, 0.25) is 0 Å². The van der Waals surface area contributed by atoms with Gasteiger partial charge in [0, 0.05) is 36.1 Å². The molecule has 1 aromatic carbocycles. The summed E-state index contributed by atoms with van der Waals surface area (Å²) in [5.74, 6) is -1.04. The Morgan fingerprint density at radius 1 is 1.09 bits per heavy atom. The van der Waals surface area contributed by atoms with Gasteiger partial charge in [-0.2, -0.15) is 13.2 Å². The van der Waals surface area contributed by atoms with Crippen LogP contribution in [0.25, 0.3) is 0 Å². The third-order valence-corrected chi connectivity index (χ3v) is 8.73. The highest BCUT2D eigenvalue weighted by atomic mass is 35.5. The highest BCUT2D eigenvalue weighted by Gasteiger charge is 2.47. The Morgan fingerprint density at radius 2 is 1.88 bits per heavy atom. The number of aryl methyl sites for hydroxylation is 1. The van der Waals surface area contributed by atoms with Crippen LogP contribution in [0, 0.1) is 6.92 Å². The van der Waals surface area contributed by atoms with Gasteiger partial charge in [0.05, 0.1) is 23.0 Å². The van der Waals surface area contributed by atoms with Crippen LogP contribution < -0.4 is 26.2 Å². The number of benzene rings is 1. The van der Waals surface area contributed by atoms with Gasteiger partial charge in [-0.15, -0.1) is 12.4 Å². The summed E-state index contributed by atoms with van der Waals surface area (Å²) in [6.45, 7) is 3.35. The van der Waals surface area contributed by atoms with E-state index < -0.39 is 35.0 Å². The van der Waals surface area contributed by atoms with E-state index in [1.54, 1.807) is 31.3 Å². The van der Waals surface area contributed by atoms with Crippen molar-refractivity contribution < 1.29 is 27.6 Å². The highest BCUT2D eigenvalue weighted by molar-refractivity contribution is 8.01. The number of amides is 4. The molecule has 1 fully saturated rings. The van der Waals surface area contributed by atoms with E-state index >= 15 is 0 Å². The number of halogens is 4. The Kier molecular flexibility index (Phi) is 8.54. The van der Waals surface area contributed by atoms with Gasteiger partial charge in [0.1, 0.15) is 16.1 Å². The molecule has 4 amide bonds. The number of urea groups is 1. The van der Waals surface area contributed by atoms with Gasteiger partial charge in [0.15, 0.2) is 0 Å². The number of pyridine rings is 2. The van der Waals surface area contributed by atoms with E-state index in [1.807, 2.05) is 0 Å². The predicted octanol–water partition coefficient (Wildman–Crippen LogP) is 4.72. The quantitative estimate of drug-likeness (QED) is 0.320. The van der Waals surface area contributed by atoms with Crippen molar-refractivity contribution in [2.75, 3.05) is 23.3 Å². The van der Waals surface area contributed by atoms with Gasteiger partial charge < -0.3 is 21.3 Å². The lowest BCUT2D eigenvalue weighted by Crippen LogP contribution is -2.52. The SMILES string of the molecule is Cc1cc(C(=O)Nc2cc(C(F)(F)F)ccn2)ccc1N1C(=O)NC2c3c1ccnc3S[C@H]2C(=O)NC1CCCNC1.Cl. The molecule has 0 radical (unpaired) electrons. The van der Waals surface area contributed by atoms with Crippen LogP contribution in [0.3, 0.4) is 0 Å². The standard InChI is InChI=1S/C28H26F3N7O3S.ClH/c1-14-11-15(24(39)36-20-12-16(6-9-33-20)28(29,30)31)4-5-18(14)38-19-7-10-34-26-21(19)22(37-27(38)41)23(42-26)25(40)35-17-3-2-8-32-13-17;/h4-7,9-12,17,22-23,32H,2-3,8,13H2,1H3,(H,35,40)(H,37,41)(H,33,36,39);1H/t17?,22?,23-;/m1./s1. The van der Waals surface area contributed by atoms with Gasteiger partial charge in [-0.1, -0.05) is 11.8 Å². The molecule has 0 aliphatic carbocycles. The lowest BCUT2D eigenvalue weighted by atomic mass is 9.98. The first-order valence-corrected chi connectivity index (χ1v) is 14.2. The molecule has 15 heteroatoms. The Hall–Kier alpha value is -3.88. The van der Waals surface area contributed by atoms with Crippen molar-refractivity contribution in [1.29, 1.82) is 0 Å². The zero-order valence-electron chi connectivity index (χ0n) is 22.7. The topological polar surface area (TPSA) is 128 Å². The predicted molar refractivity (Wildman–Crippen MR) is 157 cm³/mol. The third kappa shape index (κ3) is 5.99. The molecule has 0 spiro atoms. The van der Waals surface area contributed by atoms with Crippen molar-refractivity contribution in [1.82, 2.24) is 25.9 Å². The van der Waals surface area contributed by atoms with Crippen LogP contribution in [0.1, 0.15) is 45.9 Å². The molecule has 10 nitrogen and oxygen atoms in total. The van der Waals surface area contributed by atoms with E-state index in [-0.39, 0.29) is 35.7 Å². The summed E-state index contributed by atoms with van der Waals surface area (Å²) in [4.78, 5) is 49.3. The molecule has 3 aliphatic rings. The fraction of sp³-hybridized carbons (Fsp3) is 0.321. The van der Waals surface area contributed by atoms with Crippen LogP contribution in [-0.4, -0.2) is 52.2 Å². The average Bonchev–Trinajstić information content (AvgIpc) is 3.33. The van der Waals surface area contributed by atoms with E-state index in [0.29, 0.717) is 28.5 Å². The minimum absolute atomic E-state index is 0. The van der Waals surface area contributed by atoms with Crippen molar-refractivity contribution >= 4 is 59.2 Å². The van der Waals surface area contributed by atoms with Crippen molar-refractivity contribution in [3.63, 3.8) is 0 Å². The number of nitrogens with one attached hydrogen (secondary N) is 4. The molecule has 226 valence electrons.